The second-order valence-corrected chi connectivity index (χ2v) is 9.39. The lowest BCUT2D eigenvalue weighted by Gasteiger charge is -2.33. The van der Waals surface area contributed by atoms with Crippen LogP contribution in [0.1, 0.15) is 11.5 Å². The molecule has 1 aliphatic heterocycles. The molecule has 11 nitrogen and oxygen atoms in total. The van der Waals surface area contributed by atoms with Gasteiger partial charge in [-0.3, -0.25) is 9.69 Å². The molecule has 0 radical (unpaired) electrons. The summed E-state index contributed by atoms with van der Waals surface area (Å²) in [6, 6.07) is 3.92. The van der Waals surface area contributed by atoms with Gasteiger partial charge in [0.1, 0.15) is 11.6 Å². The molecule has 1 fully saturated rings. The number of phenols is 1. The van der Waals surface area contributed by atoms with Crippen molar-refractivity contribution in [2.75, 3.05) is 39.3 Å². The average molecular weight is 449 g/mol. The van der Waals surface area contributed by atoms with Gasteiger partial charge in [0.2, 0.25) is 10.0 Å². The summed E-state index contributed by atoms with van der Waals surface area (Å²) in [5.74, 6) is 0.341. The highest BCUT2D eigenvalue weighted by Gasteiger charge is 2.29. The summed E-state index contributed by atoms with van der Waals surface area (Å²) in [4.78, 5) is 21.4. The summed E-state index contributed by atoms with van der Waals surface area (Å²) in [6.07, 6.45) is 0. The van der Waals surface area contributed by atoms with Crippen molar-refractivity contribution in [3.05, 3.63) is 40.1 Å². The van der Waals surface area contributed by atoms with E-state index in [1.807, 2.05) is 4.90 Å². The van der Waals surface area contributed by atoms with Crippen LogP contribution >= 0.6 is 0 Å². The van der Waals surface area contributed by atoms with Gasteiger partial charge in [0, 0.05) is 32.7 Å². The number of aryl methyl sites for hydroxylation is 2. The quantitative estimate of drug-likeness (QED) is 0.483. The Morgan fingerprint density at radius 3 is 2.55 bits per heavy atom. The number of aromatic nitrogens is 4. The number of nitrogens with one attached hydrogen (secondary N) is 1. The van der Waals surface area contributed by atoms with Crippen LogP contribution in [-0.2, 0) is 10.0 Å². The highest BCUT2D eigenvalue weighted by Crippen LogP contribution is 2.30. The summed E-state index contributed by atoms with van der Waals surface area (Å²) in [5.41, 5.74) is 0.490. The van der Waals surface area contributed by atoms with Gasteiger partial charge in [-0.05, 0) is 32.0 Å². The van der Waals surface area contributed by atoms with Crippen LogP contribution in [0.5, 0.6) is 5.75 Å². The molecule has 1 saturated heterocycles. The monoisotopic (exact) mass is 448 g/mol. The normalized spacial score (nSPS) is 16.2. The molecular formula is C19H24N6O5S. The van der Waals surface area contributed by atoms with Crippen LogP contribution in [0.3, 0.4) is 0 Å². The van der Waals surface area contributed by atoms with Crippen molar-refractivity contribution < 1.29 is 18.6 Å². The standard InChI is InChI=1S/C19H24N6O5S/c1-12-17-19(28)21-18(22-25(17)13(2)20-12)15-11-14(3-4-16(15)27)31(29,30)24-7-5-23(6-8-24)9-10-26/h3-4,11,26-27H,5-10H2,1-2H3,(H,21,22,28). The van der Waals surface area contributed by atoms with Gasteiger partial charge in [0.15, 0.2) is 11.3 Å². The Morgan fingerprint density at radius 1 is 1.16 bits per heavy atom. The lowest BCUT2D eigenvalue weighted by atomic mass is 10.2. The molecule has 0 bridgehead atoms. The van der Waals surface area contributed by atoms with Crippen molar-refractivity contribution in [1.29, 1.82) is 0 Å². The molecule has 3 N–H and O–H groups in total. The van der Waals surface area contributed by atoms with Gasteiger partial charge in [-0.25, -0.2) is 17.9 Å². The first-order chi connectivity index (χ1) is 14.7. The van der Waals surface area contributed by atoms with Crippen LogP contribution < -0.4 is 5.56 Å². The highest BCUT2D eigenvalue weighted by molar-refractivity contribution is 7.89. The molecule has 0 spiro atoms. The van der Waals surface area contributed by atoms with Gasteiger partial charge in [-0.2, -0.15) is 4.31 Å². The van der Waals surface area contributed by atoms with Crippen molar-refractivity contribution in [3.63, 3.8) is 0 Å². The molecular weight excluding hydrogens is 424 g/mol. The summed E-state index contributed by atoms with van der Waals surface area (Å²) >= 11 is 0. The van der Waals surface area contributed by atoms with Gasteiger partial charge in [-0.15, -0.1) is 5.10 Å². The molecule has 0 aliphatic carbocycles. The molecule has 1 aliphatic rings. The van der Waals surface area contributed by atoms with E-state index in [4.69, 9.17) is 5.11 Å². The topological polar surface area (TPSA) is 144 Å². The van der Waals surface area contributed by atoms with Crippen LogP contribution in [0.2, 0.25) is 0 Å². The summed E-state index contributed by atoms with van der Waals surface area (Å²) in [7, 11) is -3.81. The number of imidazole rings is 1. The summed E-state index contributed by atoms with van der Waals surface area (Å²) < 4.78 is 29.1. The van der Waals surface area contributed by atoms with E-state index in [2.05, 4.69) is 15.1 Å². The second-order valence-electron chi connectivity index (χ2n) is 7.46. The third-order valence-corrected chi connectivity index (χ3v) is 7.34. The molecule has 2 aromatic heterocycles. The number of H-pyrrole nitrogens is 1. The molecule has 166 valence electrons. The summed E-state index contributed by atoms with van der Waals surface area (Å²) in [5, 5.41) is 23.8. The predicted octanol–water partition coefficient (Wildman–Crippen LogP) is -0.294. The molecule has 0 amide bonds. The van der Waals surface area contributed by atoms with Crippen LogP contribution in [0.15, 0.2) is 27.9 Å². The number of phenolic OH excluding ortho intramolecular Hbond substituents is 1. The van der Waals surface area contributed by atoms with Crippen LogP contribution in [0, 0.1) is 13.8 Å². The number of aromatic amines is 1. The van der Waals surface area contributed by atoms with Crippen LogP contribution in [0.25, 0.3) is 16.9 Å². The van der Waals surface area contributed by atoms with Gasteiger partial charge in [0.05, 0.1) is 22.8 Å². The van der Waals surface area contributed by atoms with Gasteiger partial charge in [-0.1, -0.05) is 0 Å². The Kier molecular flexibility index (Phi) is 5.56. The maximum atomic E-state index is 13.2. The third-order valence-electron chi connectivity index (χ3n) is 5.45. The van der Waals surface area contributed by atoms with E-state index in [1.54, 1.807) is 13.8 Å². The van der Waals surface area contributed by atoms with E-state index in [9.17, 15) is 18.3 Å². The molecule has 3 aromatic rings. The number of β-amino-alcohol motifs (C(OH)–C–C–N with tert-alkyl or cyclic N) is 1. The van der Waals surface area contributed by atoms with Gasteiger partial charge < -0.3 is 15.2 Å². The van der Waals surface area contributed by atoms with E-state index in [0.717, 1.165) is 0 Å². The fourth-order valence-electron chi connectivity index (χ4n) is 3.80. The lowest BCUT2D eigenvalue weighted by molar-refractivity contribution is 0.151. The van der Waals surface area contributed by atoms with E-state index < -0.39 is 15.6 Å². The van der Waals surface area contributed by atoms with E-state index in [-0.39, 0.29) is 28.6 Å². The first kappa shape index (κ1) is 21.4. The zero-order valence-corrected chi connectivity index (χ0v) is 18.1. The smallest absolute Gasteiger partial charge is 0.277 e. The minimum absolute atomic E-state index is 0.00260. The molecule has 3 heterocycles. The molecule has 0 unspecified atom stereocenters. The zero-order chi connectivity index (χ0) is 22.3. The summed E-state index contributed by atoms with van der Waals surface area (Å²) in [6.45, 7) is 5.58. The lowest BCUT2D eigenvalue weighted by Crippen LogP contribution is -2.49. The van der Waals surface area contributed by atoms with E-state index in [1.165, 1.54) is 27.0 Å². The number of benzene rings is 1. The Morgan fingerprint density at radius 2 is 1.87 bits per heavy atom. The molecule has 12 heteroatoms. The third kappa shape index (κ3) is 3.82. The van der Waals surface area contributed by atoms with Gasteiger partial charge >= 0.3 is 0 Å². The van der Waals surface area contributed by atoms with Gasteiger partial charge in [0.25, 0.3) is 5.56 Å². The first-order valence-corrected chi connectivity index (χ1v) is 11.3. The molecule has 0 atom stereocenters. The number of aliphatic hydroxyl groups is 1. The van der Waals surface area contributed by atoms with Crippen LogP contribution in [0.4, 0.5) is 0 Å². The fourth-order valence-corrected chi connectivity index (χ4v) is 5.25. The minimum atomic E-state index is -3.81. The number of aromatic hydroxyl groups is 1. The molecule has 31 heavy (non-hydrogen) atoms. The Hall–Kier alpha value is -2.80. The molecule has 1 aromatic carbocycles. The SMILES string of the molecule is Cc1nc(C)n2nc(-c3cc(S(=O)(=O)N4CCN(CCO)CC4)ccc3O)[nH]c(=O)c12. The Bertz CT molecular complexity index is 1290. The Balaban J connectivity index is 1.72. The number of piperazine rings is 1. The van der Waals surface area contributed by atoms with Crippen molar-refractivity contribution in [1.82, 2.24) is 28.8 Å². The van der Waals surface area contributed by atoms with E-state index in [0.29, 0.717) is 49.8 Å². The fraction of sp³-hybridized carbons (Fsp3) is 0.421. The van der Waals surface area contributed by atoms with E-state index >= 15 is 0 Å². The maximum absolute atomic E-state index is 13.2. The molecule has 4 rings (SSSR count). The number of rotatable bonds is 5. The second kappa shape index (κ2) is 8.04. The zero-order valence-electron chi connectivity index (χ0n) is 17.2. The highest BCUT2D eigenvalue weighted by atomic mass is 32.2. The number of aliphatic hydroxyl groups excluding tert-OH is 1. The Labute approximate surface area is 178 Å². The van der Waals surface area contributed by atoms with Crippen LogP contribution in [-0.4, -0.2) is 86.7 Å². The largest absolute Gasteiger partial charge is 0.507 e. The number of hydrogen-bond donors (Lipinski definition) is 3. The number of sulfonamides is 1. The first-order valence-electron chi connectivity index (χ1n) is 9.85. The predicted molar refractivity (Wildman–Crippen MR) is 112 cm³/mol. The number of nitrogens with zero attached hydrogens (tertiary/aromatic N) is 5. The van der Waals surface area contributed by atoms with Crippen molar-refractivity contribution in [2.24, 2.45) is 0 Å². The van der Waals surface area contributed by atoms with Crippen molar-refractivity contribution in [2.45, 2.75) is 18.7 Å². The van der Waals surface area contributed by atoms with Crippen molar-refractivity contribution >= 4 is 15.5 Å². The average Bonchev–Trinajstić information content (AvgIpc) is 3.02. The van der Waals surface area contributed by atoms with Crippen molar-refractivity contribution in [3.8, 4) is 17.1 Å². The maximum Gasteiger partial charge on any atom is 0.277 e. The number of hydrogen-bond acceptors (Lipinski definition) is 8. The molecule has 0 saturated carbocycles. The number of fused-ring (bicyclic) bond motifs is 1. The minimum Gasteiger partial charge on any atom is -0.507 e.